The molecule has 5 rings (SSSR count). The third-order valence-corrected chi connectivity index (χ3v) is 8.35. The van der Waals surface area contributed by atoms with Crippen molar-refractivity contribution in [1.29, 1.82) is 0 Å². The van der Waals surface area contributed by atoms with Crippen molar-refractivity contribution < 1.29 is 18.0 Å². The highest BCUT2D eigenvalue weighted by atomic mass is 35.5. The molecule has 0 amide bonds. The molecule has 0 aromatic heterocycles. The fraction of sp³-hybridized carbons (Fsp3) is 0.406. The van der Waals surface area contributed by atoms with E-state index in [4.69, 9.17) is 0 Å². The van der Waals surface area contributed by atoms with Gasteiger partial charge in [0.25, 0.3) is 0 Å². The van der Waals surface area contributed by atoms with Crippen molar-refractivity contribution in [1.82, 2.24) is 9.80 Å². The monoisotopic (exact) mass is 592 g/mol. The Balaban J connectivity index is 0.00000220. The van der Waals surface area contributed by atoms with E-state index in [2.05, 4.69) is 9.80 Å². The summed E-state index contributed by atoms with van der Waals surface area (Å²) in [5, 5.41) is 0. The molecule has 2 heterocycles. The van der Waals surface area contributed by atoms with Crippen molar-refractivity contribution in [3.05, 3.63) is 107 Å². The maximum Gasteiger partial charge on any atom is 0.166 e. The molecule has 3 aromatic carbocycles. The van der Waals surface area contributed by atoms with Crippen LogP contribution in [0.3, 0.4) is 0 Å². The molecule has 0 N–H and O–H groups in total. The number of halogens is 5. The lowest BCUT2D eigenvalue weighted by atomic mass is 9.83. The van der Waals surface area contributed by atoms with Crippen molar-refractivity contribution in [2.24, 2.45) is 5.92 Å². The van der Waals surface area contributed by atoms with E-state index in [-0.39, 0.29) is 54.0 Å². The van der Waals surface area contributed by atoms with Crippen molar-refractivity contribution in [3.63, 3.8) is 0 Å². The van der Waals surface area contributed by atoms with E-state index in [0.717, 1.165) is 70.4 Å². The minimum Gasteiger partial charge on any atom is -0.302 e. The first-order valence-corrected chi connectivity index (χ1v) is 13.7. The lowest BCUT2D eigenvalue weighted by Crippen LogP contribution is -2.47. The quantitative estimate of drug-likeness (QED) is 0.256. The minimum atomic E-state index is -0.323. The van der Waals surface area contributed by atoms with Gasteiger partial charge in [0.1, 0.15) is 17.5 Å². The second kappa shape index (κ2) is 15.0. The zero-order valence-electron chi connectivity index (χ0n) is 22.5. The predicted molar refractivity (Wildman–Crippen MR) is 158 cm³/mol. The molecular formula is C32H37Cl2F3N2O. The number of carbonyl (C=O) groups is 1. The molecule has 3 aromatic rings. The molecule has 2 aliphatic rings. The number of Topliss-reactive ketones (excluding diaryl/α,β-unsaturated/α-hetero) is 1. The SMILES string of the molecule is Cl.Cl.O=C(c1ccc(F)cc1)C1CCN(CCN2CCC(c3ccc(F)cc3)CC2Cc2ccc(F)cc2)CC1. The minimum absolute atomic E-state index is 0. The van der Waals surface area contributed by atoms with Crippen molar-refractivity contribution in [2.75, 3.05) is 32.7 Å². The summed E-state index contributed by atoms with van der Waals surface area (Å²) >= 11 is 0. The molecule has 0 spiro atoms. The van der Waals surface area contributed by atoms with Gasteiger partial charge in [0.05, 0.1) is 0 Å². The van der Waals surface area contributed by atoms with Crippen LogP contribution >= 0.6 is 24.8 Å². The molecule has 2 fully saturated rings. The van der Waals surface area contributed by atoms with Gasteiger partial charge in [-0.1, -0.05) is 24.3 Å². The Morgan fingerprint density at radius 1 is 0.700 bits per heavy atom. The van der Waals surface area contributed by atoms with E-state index in [1.165, 1.54) is 29.8 Å². The summed E-state index contributed by atoms with van der Waals surface area (Å²) < 4.78 is 40.2. The van der Waals surface area contributed by atoms with Crippen LogP contribution in [0, 0.1) is 23.4 Å². The molecule has 0 saturated carbocycles. The van der Waals surface area contributed by atoms with Gasteiger partial charge in [-0.15, -0.1) is 24.8 Å². The molecule has 2 aliphatic heterocycles. The van der Waals surface area contributed by atoms with Gasteiger partial charge >= 0.3 is 0 Å². The number of hydrogen-bond acceptors (Lipinski definition) is 3. The Morgan fingerprint density at radius 3 is 1.85 bits per heavy atom. The Hall–Kier alpha value is -2.38. The molecule has 2 atom stereocenters. The highest BCUT2D eigenvalue weighted by Crippen LogP contribution is 2.33. The molecule has 2 unspecified atom stereocenters. The van der Waals surface area contributed by atoms with Crippen LogP contribution in [0.25, 0.3) is 0 Å². The average Bonchev–Trinajstić information content (AvgIpc) is 2.94. The average molecular weight is 594 g/mol. The van der Waals surface area contributed by atoms with Crippen molar-refractivity contribution in [2.45, 2.75) is 44.1 Å². The van der Waals surface area contributed by atoms with E-state index < -0.39 is 0 Å². The fourth-order valence-electron chi connectivity index (χ4n) is 6.08. The van der Waals surface area contributed by atoms with E-state index in [1.807, 2.05) is 24.3 Å². The third-order valence-electron chi connectivity index (χ3n) is 8.35. The second-order valence-corrected chi connectivity index (χ2v) is 10.8. The lowest BCUT2D eigenvalue weighted by molar-refractivity contribution is 0.0791. The molecule has 8 heteroatoms. The number of carbonyl (C=O) groups excluding carboxylic acids is 1. The van der Waals surface area contributed by atoms with Crippen molar-refractivity contribution >= 4 is 30.6 Å². The zero-order chi connectivity index (χ0) is 26.5. The maximum atomic E-state index is 13.5. The van der Waals surface area contributed by atoms with Crippen LogP contribution in [-0.2, 0) is 6.42 Å². The van der Waals surface area contributed by atoms with Gasteiger partial charge in [0.15, 0.2) is 5.78 Å². The predicted octanol–water partition coefficient (Wildman–Crippen LogP) is 7.33. The Morgan fingerprint density at radius 2 is 1.25 bits per heavy atom. The molecule has 40 heavy (non-hydrogen) atoms. The summed E-state index contributed by atoms with van der Waals surface area (Å²) in [6, 6.07) is 19.9. The molecule has 3 nitrogen and oxygen atoms in total. The summed E-state index contributed by atoms with van der Waals surface area (Å²) in [4.78, 5) is 17.8. The largest absolute Gasteiger partial charge is 0.302 e. The number of likely N-dealkylation sites (tertiary alicyclic amines) is 2. The number of hydrogen-bond donors (Lipinski definition) is 0. The first kappa shape index (κ1) is 32.1. The standard InChI is InChI=1S/C32H35F3N2O.2ClH/c33-28-7-1-23(2-8-28)21-31-22-27(24-3-9-29(34)10-4-24)15-18-37(31)20-19-36-16-13-26(14-17-36)32(38)25-5-11-30(35)12-6-25;;/h1-12,26-27,31H,13-22H2;2*1H. The highest BCUT2D eigenvalue weighted by Gasteiger charge is 2.31. The molecule has 216 valence electrons. The van der Waals surface area contributed by atoms with E-state index in [9.17, 15) is 18.0 Å². The zero-order valence-corrected chi connectivity index (χ0v) is 24.1. The molecule has 0 radical (unpaired) electrons. The van der Waals surface area contributed by atoms with E-state index >= 15 is 0 Å². The van der Waals surface area contributed by atoms with Gasteiger partial charge in [0.2, 0.25) is 0 Å². The van der Waals surface area contributed by atoms with Gasteiger partial charge in [-0.2, -0.15) is 0 Å². The first-order chi connectivity index (χ1) is 18.4. The van der Waals surface area contributed by atoms with Crippen LogP contribution in [0.1, 0.15) is 53.1 Å². The topological polar surface area (TPSA) is 23.6 Å². The van der Waals surface area contributed by atoms with Gasteiger partial charge in [-0.3, -0.25) is 9.69 Å². The number of nitrogens with zero attached hydrogens (tertiary/aromatic N) is 2. The number of benzene rings is 3. The summed E-state index contributed by atoms with van der Waals surface area (Å²) in [6.07, 6.45) is 4.51. The van der Waals surface area contributed by atoms with Gasteiger partial charge < -0.3 is 4.90 Å². The number of piperidine rings is 2. The van der Waals surface area contributed by atoms with E-state index in [0.29, 0.717) is 17.5 Å². The third kappa shape index (κ3) is 8.32. The normalized spacial score (nSPS) is 20.4. The summed E-state index contributed by atoms with van der Waals surface area (Å²) in [6.45, 7) is 4.61. The van der Waals surface area contributed by atoms with Crippen LogP contribution in [-0.4, -0.2) is 54.3 Å². The van der Waals surface area contributed by atoms with Crippen LogP contribution in [0.15, 0.2) is 72.8 Å². The molecule has 0 aliphatic carbocycles. The van der Waals surface area contributed by atoms with Gasteiger partial charge in [-0.05, 0) is 117 Å². The highest BCUT2D eigenvalue weighted by molar-refractivity contribution is 5.97. The summed E-state index contributed by atoms with van der Waals surface area (Å²) in [5.41, 5.74) is 2.90. The lowest BCUT2D eigenvalue weighted by Gasteiger charge is -2.41. The smallest absolute Gasteiger partial charge is 0.166 e. The molecular weight excluding hydrogens is 556 g/mol. The van der Waals surface area contributed by atoms with Crippen LogP contribution in [0.4, 0.5) is 13.2 Å². The summed E-state index contributed by atoms with van der Waals surface area (Å²) in [7, 11) is 0. The van der Waals surface area contributed by atoms with Crippen LogP contribution in [0.2, 0.25) is 0 Å². The molecule has 0 bridgehead atoms. The fourth-order valence-corrected chi connectivity index (χ4v) is 6.08. The van der Waals surface area contributed by atoms with E-state index in [1.54, 1.807) is 24.3 Å². The Bertz CT molecular complexity index is 1200. The van der Waals surface area contributed by atoms with Crippen LogP contribution in [0.5, 0.6) is 0 Å². The Kier molecular flexibility index (Phi) is 12.1. The van der Waals surface area contributed by atoms with Gasteiger partial charge in [0, 0.05) is 30.6 Å². The number of rotatable bonds is 8. The first-order valence-electron chi connectivity index (χ1n) is 13.7. The van der Waals surface area contributed by atoms with Gasteiger partial charge in [-0.25, -0.2) is 13.2 Å². The Labute approximate surface area is 247 Å². The summed E-state index contributed by atoms with van der Waals surface area (Å²) in [5.74, 6) is -0.264. The maximum absolute atomic E-state index is 13.5. The van der Waals surface area contributed by atoms with Crippen molar-refractivity contribution in [3.8, 4) is 0 Å². The van der Waals surface area contributed by atoms with Crippen LogP contribution < -0.4 is 0 Å². The second-order valence-electron chi connectivity index (χ2n) is 10.8. The number of ketones is 1. The molecule has 2 saturated heterocycles.